The van der Waals surface area contributed by atoms with Crippen molar-refractivity contribution < 1.29 is 0 Å². The molecule has 0 aromatic heterocycles. The van der Waals surface area contributed by atoms with E-state index in [1.165, 1.54) is 25.7 Å². The summed E-state index contributed by atoms with van der Waals surface area (Å²) in [6.45, 7) is 4.33. The maximum absolute atomic E-state index is 5.95. The second-order valence-corrected chi connectivity index (χ2v) is 6.27. The fraction of sp³-hybridized carbons (Fsp3) is 0.533. The number of halogens is 1. The first-order valence-electron chi connectivity index (χ1n) is 6.90. The molecule has 0 aliphatic heterocycles. The molecule has 2 nitrogen and oxygen atoms in total. The summed E-state index contributed by atoms with van der Waals surface area (Å²) < 4.78 is 0. The zero-order valence-electron chi connectivity index (χ0n) is 11.5. The van der Waals surface area contributed by atoms with Crippen LogP contribution in [0.25, 0.3) is 0 Å². The maximum Gasteiger partial charge on any atom is 0.171 e. The number of nitrogens with one attached hydrogen (secondary N) is 2. The topological polar surface area (TPSA) is 24.1 Å². The molecule has 1 saturated carbocycles. The molecule has 0 saturated heterocycles. The zero-order valence-corrected chi connectivity index (χ0v) is 13.1. The van der Waals surface area contributed by atoms with E-state index in [9.17, 15) is 0 Å². The molecule has 19 heavy (non-hydrogen) atoms. The molecule has 2 rings (SSSR count). The van der Waals surface area contributed by atoms with Crippen LogP contribution in [-0.4, -0.2) is 11.2 Å². The predicted octanol–water partition coefficient (Wildman–Crippen LogP) is 4.51. The largest absolute Gasteiger partial charge is 0.359 e. The van der Waals surface area contributed by atoms with Gasteiger partial charge in [-0.1, -0.05) is 31.4 Å². The molecule has 4 heteroatoms. The van der Waals surface area contributed by atoms with Crippen LogP contribution in [0.1, 0.15) is 38.2 Å². The van der Waals surface area contributed by atoms with E-state index >= 15 is 0 Å². The first-order valence-corrected chi connectivity index (χ1v) is 7.68. The Kier molecular flexibility index (Phi) is 5.06. The van der Waals surface area contributed by atoms with E-state index in [0.717, 1.165) is 16.3 Å². The smallest absolute Gasteiger partial charge is 0.171 e. The number of hydrogen-bond donors (Lipinski definition) is 2. The molecule has 104 valence electrons. The Balaban J connectivity index is 1.93. The van der Waals surface area contributed by atoms with Crippen molar-refractivity contribution in [3.63, 3.8) is 0 Å². The van der Waals surface area contributed by atoms with Gasteiger partial charge in [0.1, 0.15) is 0 Å². The zero-order chi connectivity index (χ0) is 13.8. The highest BCUT2D eigenvalue weighted by molar-refractivity contribution is 7.80. The minimum Gasteiger partial charge on any atom is -0.359 e. The molecule has 1 fully saturated rings. The van der Waals surface area contributed by atoms with Crippen LogP contribution >= 0.6 is 23.8 Å². The second-order valence-electron chi connectivity index (χ2n) is 5.43. The highest BCUT2D eigenvalue weighted by Crippen LogP contribution is 2.24. The lowest BCUT2D eigenvalue weighted by Crippen LogP contribution is -2.43. The van der Waals surface area contributed by atoms with Crippen LogP contribution in [0.5, 0.6) is 0 Å². The van der Waals surface area contributed by atoms with Gasteiger partial charge < -0.3 is 10.6 Å². The lowest BCUT2D eigenvalue weighted by Gasteiger charge is -2.30. The number of hydrogen-bond acceptors (Lipinski definition) is 1. The maximum atomic E-state index is 5.95. The summed E-state index contributed by atoms with van der Waals surface area (Å²) >= 11 is 11.4. The van der Waals surface area contributed by atoms with Gasteiger partial charge in [0.15, 0.2) is 5.11 Å². The molecule has 1 aliphatic carbocycles. The van der Waals surface area contributed by atoms with Crippen molar-refractivity contribution in [3.05, 3.63) is 28.8 Å². The first kappa shape index (κ1) is 14.6. The van der Waals surface area contributed by atoms with Crippen LogP contribution < -0.4 is 10.6 Å². The standard InChI is InChI=1S/C15H21ClN2S/c1-10-5-3-4-6-13(10)17-15(19)18-14-8-7-12(16)9-11(14)2/h7-10,13H,3-6H2,1-2H3,(H2,17,18,19)/t10-,13+/m1/s1. The Labute approximate surface area is 125 Å². The number of benzene rings is 1. The molecule has 0 bridgehead atoms. The third kappa shape index (κ3) is 4.08. The average Bonchev–Trinajstić information content (AvgIpc) is 2.36. The van der Waals surface area contributed by atoms with E-state index in [2.05, 4.69) is 17.6 Å². The average molecular weight is 297 g/mol. The van der Waals surface area contributed by atoms with E-state index in [1.54, 1.807) is 0 Å². The van der Waals surface area contributed by atoms with Gasteiger partial charge in [-0.05, 0) is 61.7 Å². The molecule has 1 aliphatic rings. The predicted molar refractivity (Wildman–Crippen MR) is 87.0 cm³/mol. The van der Waals surface area contributed by atoms with E-state index in [0.29, 0.717) is 17.1 Å². The van der Waals surface area contributed by atoms with Gasteiger partial charge in [0.2, 0.25) is 0 Å². The Morgan fingerprint density at radius 2 is 2.05 bits per heavy atom. The van der Waals surface area contributed by atoms with Gasteiger partial charge in [-0.2, -0.15) is 0 Å². The summed E-state index contributed by atoms with van der Waals surface area (Å²) in [4.78, 5) is 0. The van der Waals surface area contributed by atoms with Crippen LogP contribution in [0.3, 0.4) is 0 Å². The molecule has 2 N–H and O–H groups in total. The van der Waals surface area contributed by atoms with Crippen LogP contribution in [0.2, 0.25) is 5.02 Å². The van der Waals surface area contributed by atoms with Gasteiger partial charge in [0.25, 0.3) is 0 Å². The molecular formula is C15H21ClN2S. The molecule has 0 amide bonds. The van der Waals surface area contributed by atoms with E-state index in [1.807, 2.05) is 25.1 Å². The van der Waals surface area contributed by atoms with Gasteiger partial charge in [-0.15, -0.1) is 0 Å². The van der Waals surface area contributed by atoms with Crippen molar-refractivity contribution >= 4 is 34.6 Å². The summed E-state index contributed by atoms with van der Waals surface area (Å²) in [7, 11) is 0. The first-order chi connectivity index (χ1) is 9.06. The Morgan fingerprint density at radius 1 is 1.32 bits per heavy atom. The number of anilines is 1. The molecule has 0 heterocycles. The van der Waals surface area contributed by atoms with Crippen LogP contribution in [0.4, 0.5) is 5.69 Å². The van der Waals surface area contributed by atoms with Crippen molar-refractivity contribution in [1.29, 1.82) is 0 Å². The molecule has 0 radical (unpaired) electrons. The van der Waals surface area contributed by atoms with Crippen LogP contribution in [0.15, 0.2) is 18.2 Å². The molecule has 0 unspecified atom stereocenters. The summed E-state index contributed by atoms with van der Waals surface area (Å²) in [6.07, 6.45) is 5.14. The monoisotopic (exact) mass is 296 g/mol. The number of aryl methyl sites for hydroxylation is 1. The number of rotatable bonds is 2. The normalized spacial score (nSPS) is 22.9. The van der Waals surface area contributed by atoms with Gasteiger partial charge in [-0.25, -0.2) is 0 Å². The van der Waals surface area contributed by atoms with Crippen molar-refractivity contribution in [2.24, 2.45) is 5.92 Å². The van der Waals surface area contributed by atoms with Crippen molar-refractivity contribution in [2.75, 3.05) is 5.32 Å². The lowest BCUT2D eigenvalue weighted by molar-refractivity contribution is 0.309. The molecular weight excluding hydrogens is 276 g/mol. The Bertz CT molecular complexity index is 461. The highest BCUT2D eigenvalue weighted by Gasteiger charge is 2.21. The van der Waals surface area contributed by atoms with E-state index in [4.69, 9.17) is 23.8 Å². The SMILES string of the molecule is Cc1cc(Cl)ccc1NC(=S)N[C@H]1CCCC[C@H]1C. The summed E-state index contributed by atoms with van der Waals surface area (Å²) in [5.74, 6) is 0.694. The molecule has 1 aromatic carbocycles. The van der Waals surface area contributed by atoms with Crippen LogP contribution in [0, 0.1) is 12.8 Å². The quantitative estimate of drug-likeness (QED) is 0.785. The van der Waals surface area contributed by atoms with E-state index < -0.39 is 0 Å². The molecule has 0 spiro atoms. The highest BCUT2D eigenvalue weighted by atomic mass is 35.5. The van der Waals surface area contributed by atoms with Gasteiger partial charge in [0.05, 0.1) is 0 Å². The van der Waals surface area contributed by atoms with Crippen molar-refractivity contribution in [1.82, 2.24) is 5.32 Å². The third-order valence-corrected chi connectivity index (χ3v) is 4.32. The molecule has 2 atom stereocenters. The second kappa shape index (κ2) is 6.58. The minimum atomic E-state index is 0.501. The van der Waals surface area contributed by atoms with Gasteiger partial charge >= 0.3 is 0 Å². The minimum absolute atomic E-state index is 0.501. The van der Waals surface area contributed by atoms with Crippen molar-refractivity contribution in [3.8, 4) is 0 Å². The van der Waals surface area contributed by atoms with Crippen molar-refractivity contribution in [2.45, 2.75) is 45.6 Å². The third-order valence-electron chi connectivity index (χ3n) is 3.86. The lowest BCUT2D eigenvalue weighted by atomic mass is 9.86. The summed E-state index contributed by atoms with van der Waals surface area (Å²) in [5.41, 5.74) is 2.12. The Hall–Kier alpha value is -0.800. The molecule has 1 aromatic rings. The summed E-state index contributed by atoms with van der Waals surface area (Å²) in [5, 5.41) is 8.18. The number of thiocarbonyl (C=S) groups is 1. The van der Waals surface area contributed by atoms with Gasteiger partial charge in [-0.3, -0.25) is 0 Å². The van der Waals surface area contributed by atoms with Crippen LogP contribution in [-0.2, 0) is 0 Å². The summed E-state index contributed by atoms with van der Waals surface area (Å²) in [6, 6.07) is 6.29. The fourth-order valence-electron chi connectivity index (χ4n) is 2.62. The Morgan fingerprint density at radius 3 is 2.74 bits per heavy atom. The van der Waals surface area contributed by atoms with E-state index in [-0.39, 0.29) is 0 Å². The van der Waals surface area contributed by atoms with Gasteiger partial charge in [0, 0.05) is 16.8 Å². The fourth-order valence-corrected chi connectivity index (χ4v) is 3.11.